The monoisotopic (exact) mass is 577 g/mol. The molecule has 0 unspecified atom stereocenters. The minimum Gasteiger partial charge on any atom is -0.294 e. The maximum absolute atomic E-state index is 13.4. The van der Waals surface area contributed by atoms with Crippen molar-refractivity contribution < 1.29 is 16.8 Å². The third-order valence-corrected chi connectivity index (χ3v) is 11.5. The summed E-state index contributed by atoms with van der Waals surface area (Å²) in [6, 6.07) is 18.5. The van der Waals surface area contributed by atoms with Crippen molar-refractivity contribution >= 4 is 53.2 Å². The molecule has 37 heavy (non-hydrogen) atoms. The van der Waals surface area contributed by atoms with Gasteiger partial charge in [0.1, 0.15) is 0 Å². The Balaban J connectivity index is 1.36. The second kappa shape index (κ2) is 9.97. The Labute approximate surface area is 224 Å². The fourth-order valence-electron chi connectivity index (χ4n) is 4.31. The lowest BCUT2D eigenvalue weighted by atomic mass is 10.2. The third kappa shape index (κ3) is 4.99. The number of aryl methyl sites for hydroxylation is 1. The van der Waals surface area contributed by atoms with E-state index in [4.69, 9.17) is 11.6 Å². The number of hydrogen-bond donors (Lipinski definition) is 0. The molecule has 0 spiro atoms. The molecule has 0 atom stereocenters. The van der Waals surface area contributed by atoms with Gasteiger partial charge < -0.3 is 0 Å². The average Bonchev–Trinajstić information content (AvgIpc) is 3.19. The number of sulfonamides is 2. The van der Waals surface area contributed by atoms with Gasteiger partial charge in [-0.25, -0.2) is 16.8 Å². The molecule has 0 bridgehead atoms. The molecule has 0 radical (unpaired) electrons. The highest BCUT2D eigenvalue weighted by molar-refractivity contribution is 7.89. The zero-order chi connectivity index (χ0) is 26.4. The highest BCUT2D eigenvalue weighted by Crippen LogP contribution is 2.27. The quantitative estimate of drug-likeness (QED) is 0.347. The average molecular weight is 578 g/mol. The Morgan fingerprint density at radius 2 is 1.38 bits per heavy atom. The van der Waals surface area contributed by atoms with Crippen LogP contribution in [-0.4, -0.2) is 56.2 Å². The number of benzene rings is 3. The molecule has 1 saturated heterocycles. The first-order valence-corrected chi connectivity index (χ1v) is 15.6. The predicted octanol–water partition coefficient (Wildman–Crippen LogP) is 3.77. The third-order valence-electron chi connectivity index (χ3n) is 6.42. The van der Waals surface area contributed by atoms with Gasteiger partial charge in [0, 0.05) is 31.2 Å². The summed E-state index contributed by atoms with van der Waals surface area (Å²) in [5.74, 6) is 0. The molecule has 1 aliphatic rings. The van der Waals surface area contributed by atoms with Gasteiger partial charge in [-0.15, -0.1) is 0 Å². The summed E-state index contributed by atoms with van der Waals surface area (Å²) < 4.78 is 57.5. The van der Waals surface area contributed by atoms with Crippen LogP contribution in [0.1, 0.15) is 11.1 Å². The first kappa shape index (κ1) is 26.1. The minimum atomic E-state index is -3.88. The van der Waals surface area contributed by atoms with Gasteiger partial charge in [-0.2, -0.15) is 8.61 Å². The standard InChI is InChI=1S/C25H24ClN3O5S3/c1-18-6-8-20(9-7-18)36(31,32)27-12-14-28(15-13-27)37(33,34)21-10-11-23-24(16-21)35-25(30)29(23)17-19-4-2-3-5-22(19)26/h2-11,16H,12-15,17H2,1H3. The molecule has 0 N–H and O–H groups in total. The summed E-state index contributed by atoms with van der Waals surface area (Å²) in [6.45, 7) is 2.34. The Hall–Kier alpha value is -2.54. The van der Waals surface area contributed by atoms with Gasteiger partial charge in [-0.3, -0.25) is 9.36 Å². The van der Waals surface area contributed by atoms with Crippen LogP contribution in [0.15, 0.2) is 81.3 Å². The van der Waals surface area contributed by atoms with Crippen molar-refractivity contribution in [2.75, 3.05) is 26.2 Å². The molecule has 4 aromatic rings. The van der Waals surface area contributed by atoms with E-state index in [0.29, 0.717) is 15.2 Å². The van der Waals surface area contributed by atoms with E-state index in [0.717, 1.165) is 22.5 Å². The molecule has 1 aromatic heterocycles. The molecule has 8 nitrogen and oxygen atoms in total. The zero-order valence-corrected chi connectivity index (χ0v) is 23.1. The van der Waals surface area contributed by atoms with Crippen LogP contribution in [0.3, 0.4) is 0 Å². The molecular weight excluding hydrogens is 554 g/mol. The van der Waals surface area contributed by atoms with E-state index in [2.05, 4.69) is 0 Å². The molecule has 2 heterocycles. The van der Waals surface area contributed by atoms with E-state index in [-0.39, 0.29) is 47.4 Å². The molecule has 1 aliphatic heterocycles. The zero-order valence-electron chi connectivity index (χ0n) is 19.9. The van der Waals surface area contributed by atoms with E-state index in [1.807, 2.05) is 25.1 Å². The summed E-state index contributed by atoms with van der Waals surface area (Å²) in [5.41, 5.74) is 2.38. The van der Waals surface area contributed by atoms with Crippen molar-refractivity contribution in [3.05, 3.63) is 92.5 Å². The van der Waals surface area contributed by atoms with Crippen LogP contribution in [0.25, 0.3) is 10.2 Å². The van der Waals surface area contributed by atoms with E-state index in [9.17, 15) is 21.6 Å². The molecule has 194 valence electrons. The first-order valence-electron chi connectivity index (χ1n) is 11.5. The van der Waals surface area contributed by atoms with Gasteiger partial charge in [0.25, 0.3) is 0 Å². The number of halogens is 1. The lowest BCUT2D eigenvalue weighted by molar-refractivity contribution is 0.273. The molecule has 3 aromatic carbocycles. The molecule has 0 amide bonds. The normalized spacial score (nSPS) is 15.8. The molecule has 0 aliphatic carbocycles. The largest absolute Gasteiger partial charge is 0.308 e. The van der Waals surface area contributed by atoms with Crippen LogP contribution in [0.5, 0.6) is 0 Å². The predicted molar refractivity (Wildman–Crippen MR) is 145 cm³/mol. The van der Waals surface area contributed by atoms with E-state index in [1.165, 1.54) is 20.7 Å². The van der Waals surface area contributed by atoms with Gasteiger partial charge in [0.2, 0.25) is 20.0 Å². The number of fused-ring (bicyclic) bond motifs is 1. The van der Waals surface area contributed by atoms with E-state index >= 15 is 0 Å². The lowest BCUT2D eigenvalue weighted by Crippen LogP contribution is -2.50. The van der Waals surface area contributed by atoms with Crippen LogP contribution in [-0.2, 0) is 26.6 Å². The Morgan fingerprint density at radius 1 is 0.811 bits per heavy atom. The van der Waals surface area contributed by atoms with Gasteiger partial charge in [-0.1, -0.05) is 58.8 Å². The van der Waals surface area contributed by atoms with Crippen LogP contribution in [0, 0.1) is 6.92 Å². The van der Waals surface area contributed by atoms with Gasteiger partial charge in [0.15, 0.2) is 0 Å². The summed E-state index contributed by atoms with van der Waals surface area (Å²) in [6.07, 6.45) is 0. The summed E-state index contributed by atoms with van der Waals surface area (Å²) in [7, 11) is -7.58. The number of rotatable bonds is 6. The SMILES string of the molecule is Cc1ccc(S(=O)(=O)N2CCN(S(=O)(=O)c3ccc4c(c3)sc(=O)n4Cc3ccccc3Cl)CC2)cc1. The van der Waals surface area contributed by atoms with Crippen molar-refractivity contribution in [1.29, 1.82) is 0 Å². The molecule has 12 heteroatoms. The minimum absolute atomic E-state index is 0.0369. The van der Waals surface area contributed by atoms with Gasteiger partial charge in [-0.05, 0) is 48.9 Å². The lowest BCUT2D eigenvalue weighted by Gasteiger charge is -2.33. The molecular formula is C25H24ClN3O5S3. The first-order chi connectivity index (χ1) is 17.6. The Kier molecular flexibility index (Phi) is 7.03. The summed E-state index contributed by atoms with van der Waals surface area (Å²) in [5, 5.41) is 0.552. The van der Waals surface area contributed by atoms with Crippen LogP contribution >= 0.6 is 22.9 Å². The van der Waals surface area contributed by atoms with Crippen LogP contribution in [0.2, 0.25) is 5.02 Å². The smallest absolute Gasteiger partial charge is 0.294 e. The topological polar surface area (TPSA) is 96.8 Å². The number of piperazine rings is 1. The highest BCUT2D eigenvalue weighted by atomic mass is 35.5. The second-order valence-corrected chi connectivity index (χ2v) is 14.1. The number of nitrogens with zero attached hydrogens (tertiary/aromatic N) is 3. The summed E-state index contributed by atoms with van der Waals surface area (Å²) >= 11 is 7.23. The second-order valence-electron chi connectivity index (χ2n) is 8.80. The number of thiazole rings is 1. The fraction of sp³-hybridized carbons (Fsp3) is 0.240. The summed E-state index contributed by atoms with van der Waals surface area (Å²) in [4.78, 5) is 12.8. The number of hydrogen-bond acceptors (Lipinski definition) is 6. The van der Waals surface area contributed by atoms with E-state index < -0.39 is 20.0 Å². The molecule has 1 fully saturated rings. The van der Waals surface area contributed by atoms with Crippen molar-refractivity contribution in [2.45, 2.75) is 23.3 Å². The van der Waals surface area contributed by atoms with Gasteiger partial charge >= 0.3 is 4.87 Å². The van der Waals surface area contributed by atoms with Crippen molar-refractivity contribution in [2.24, 2.45) is 0 Å². The van der Waals surface area contributed by atoms with Gasteiger partial charge in [0.05, 0.1) is 26.6 Å². The van der Waals surface area contributed by atoms with Crippen LogP contribution in [0.4, 0.5) is 0 Å². The maximum atomic E-state index is 13.4. The Bertz CT molecular complexity index is 1740. The maximum Gasteiger partial charge on any atom is 0.308 e. The fourth-order valence-corrected chi connectivity index (χ4v) is 8.38. The van der Waals surface area contributed by atoms with Crippen molar-refractivity contribution in [1.82, 2.24) is 13.2 Å². The van der Waals surface area contributed by atoms with Crippen molar-refractivity contribution in [3.63, 3.8) is 0 Å². The Morgan fingerprint density at radius 3 is 2.00 bits per heavy atom. The highest BCUT2D eigenvalue weighted by Gasteiger charge is 2.34. The molecule has 0 saturated carbocycles. The van der Waals surface area contributed by atoms with E-state index in [1.54, 1.807) is 41.0 Å². The molecule has 5 rings (SSSR count). The number of aromatic nitrogens is 1. The van der Waals surface area contributed by atoms with Crippen LogP contribution < -0.4 is 4.87 Å². The van der Waals surface area contributed by atoms with Crippen molar-refractivity contribution in [3.8, 4) is 0 Å².